The summed E-state index contributed by atoms with van der Waals surface area (Å²) in [4.78, 5) is 13.6. The fourth-order valence-electron chi connectivity index (χ4n) is 1.99. The van der Waals surface area contributed by atoms with E-state index in [1.54, 1.807) is 4.90 Å². The van der Waals surface area contributed by atoms with Crippen LogP contribution < -0.4 is 5.32 Å². The predicted molar refractivity (Wildman–Crippen MR) is 70.4 cm³/mol. The molecule has 104 valence electrons. The first-order chi connectivity index (χ1) is 8.63. The Kier molecular flexibility index (Phi) is 6.75. The molecule has 0 aromatic heterocycles. The third-order valence-corrected chi connectivity index (χ3v) is 2.94. The Balaban J connectivity index is 2.14. The second-order valence-corrected chi connectivity index (χ2v) is 4.88. The van der Waals surface area contributed by atoms with Crippen molar-refractivity contribution in [2.24, 2.45) is 5.92 Å². The number of nitrogens with zero attached hydrogens (tertiary/aromatic N) is 1. The lowest BCUT2D eigenvalue weighted by atomic mass is 9.99. The lowest BCUT2D eigenvalue weighted by Crippen LogP contribution is -2.46. The van der Waals surface area contributed by atoms with Crippen molar-refractivity contribution in [3.63, 3.8) is 0 Å². The van der Waals surface area contributed by atoms with Crippen molar-refractivity contribution < 1.29 is 14.6 Å². The molecule has 0 aliphatic carbocycles. The molecule has 2 amide bonds. The van der Waals surface area contributed by atoms with Crippen molar-refractivity contribution in [3.05, 3.63) is 12.2 Å². The number of hydrogen-bond acceptors (Lipinski definition) is 3. The summed E-state index contributed by atoms with van der Waals surface area (Å²) >= 11 is 0. The van der Waals surface area contributed by atoms with E-state index >= 15 is 0 Å². The van der Waals surface area contributed by atoms with Gasteiger partial charge in [-0.1, -0.05) is 12.2 Å². The van der Waals surface area contributed by atoms with Gasteiger partial charge in [0, 0.05) is 26.2 Å². The fraction of sp³-hybridized carbons (Fsp3) is 0.769. The van der Waals surface area contributed by atoms with Crippen LogP contribution in [-0.2, 0) is 4.74 Å². The summed E-state index contributed by atoms with van der Waals surface area (Å²) in [6, 6.07) is -0.0629. The van der Waals surface area contributed by atoms with Gasteiger partial charge < -0.3 is 20.1 Å². The third-order valence-electron chi connectivity index (χ3n) is 2.94. The lowest BCUT2D eigenvalue weighted by Gasteiger charge is -2.31. The van der Waals surface area contributed by atoms with E-state index in [9.17, 15) is 4.79 Å². The molecule has 2 N–H and O–H groups in total. The molecule has 1 fully saturated rings. The van der Waals surface area contributed by atoms with E-state index in [0.717, 1.165) is 25.0 Å². The first-order valence-corrected chi connectivity index (χ1v) is 6.49. The van der Waals surface area contributed by atoms with Gasteiger partial charge in [-0.25, -0.2) is 4.79 Å². The number of amides is 2. The van der Waals surface area contributed by atoms with Gasteiger partial charge in [-0.05, 0) is 25.7 Å². The van der Waals surface area contributed by atoms with Crippen LogP contribution in [0.4, 0.5) is 4.79 Å². The van der Waals surface area contributed by atoms with E-state index in [2.05, 4.69) is 11.9 Å². The van der Waals surface area contributed by atoms with Crippen LogP contribution >= 0.6 is 0 Å². The number of nitrogens with one attached hydrogen (secondary N) is 1. The van der Waals surface area contributed by atoms with Crippen LogP contribution in [0.2, 0.25) is 0 Å². The maximum atomic E-state index is 11.8. The Morgan fingerprint density at radius 2 is 2.39 bits per heavy atom. The SMILES string of the molecule is C=C(C)COCCNC(=O)N1CCCC(CO)C1. The molecule has 1 aliphatic rings. The lowest BCUT2D eigenvalue weighted by molar-refractivity contribution is 0.124. The van der Waals surface area contributed by atoms with Crippen molar-refractivity contribution in [2.75, 3.05) is 39.5 Å². The van der Waals surface area contributed by atoms with Crippen molar-refractivity contribution >= 4 is 6.03 Å². The number of carbonyl (C=O) groups is 1. The molecule has 1 unspecified atom stereocenters. The summed E-state index contributed by atoms with van der Waals surface area (Å²) in [5, 5.41) is 11.9. The zero-order chi connectivity index (χ0) is 13.4. The molecule has 1 saturated heterocycles. The minimum absolute atomic E-state index is 0.0629. The van der Waals surface area contributed by atoms with Gasteiger partial charge in [0.2, 0.25) is 0 Å². The number of likely N-dealkylation sites (tertiary alicyclic amines) is 1. The van der Waals surface area contributed by atoms with E-state index in [1.165, 1.54) is 0 Å². The number of hydrogen-bond donors (Lipinski definition) is 2. The molecular weight excluding hydrogens is 232 g/mol. The second kappa shape index (κ2) is 8.11. The van der Waals surface area contributed by atoms with Crippen LogP contribution in [0.15, 0.2) is 12.2 Å². The van der Waals surface area contributed by atoms with E-state index in [4.69, 9.17) is 9.84 Å². The molecule has 1 aliphatic heterocycles. The van der Waals surface area contributed by atoms with Crippen molar-refractivity contribution in [1.29, 1.82) is 0 Å². The van der Waals surface area contributed by atoms with E-state index in [0.29, 0.717) is 26.3 Å². The van der Waals surface area contributed by atoms with Crippen LogP contribution in [0.1, 0.15) is 19.8 Å². The number of aliphatic hydroxyl groups is 1. The Labute approximate surface area is 109 Å². The predicted octanol–water partition coefficient (Wildman–Crippen LogP) is 0.993. The normalized spacial score (nSPS) is 19.7. The van der Waals surface area contributed by atoms with Gasteiger partial charge in [0.15, 0.2) is 0 Å². The molecule has 5 heteroatoms. The molecule has 18 heavy (non-hydrogen) atoms. The Morgan fingerprint density at radius 3 is 3.06 bits per heavy atom. The first kappa shape index (κ1) is 15.0. The number of rotatable bonds is 6. The summed E-state index contributed by atoms with van der Waals surface area (Å²) in [5.41, 5.74) is 0.975. The van der Waals surface area contributed by atoms with Crippen LogP contribution in [0.3, 0.4) is 0 Å². The molecule has 1 heterocycles. The van der Waals surface area contributed by atoms with Crippen LogP contribution in [0, 0.1) is 5.92 Å². The Morgan fingerprint density at radius 1 is 1.61 bits per heavy atom. The maximum Gasteiger partial charge on any atom is 0.317 e. The highest BCUT2D eigenvalue weighted by molar-refractivity contribution is 5.74. The minimum atomic E-state index is -0.0629. The monoisotopic (exact) mass is 256 g/mol. The van der Waals surface area contributed by atoms with Crippen LogP contribution in [-0.4, -0.2) is 55.5 Å². The summed E-state index contributed by atoms with van der Waals surface area (Å²) in [5.74, 6) is 0.226. The number of aliphatic hydroxyl groups excluding tert-OH is 1. The topological polar surface area (TPSA) is 61.8 Å². The summed E-state index contributed by atoms with van der Waals surface area (Å²) in [6.45, 7) is 8.75. The maximum absolute atomic E-state index is 11.8. The van der Waals surface area contributed by atoms with Gasteiger partial charge in [0.1, 0.15) is 0 Å². The average Bonchev–Trinajstić information content (AvgIpc) is 2.37. The number of ether oxygens (including phenoxy) is 1. The molecule has 0 aromatic rings. The zero-order valence-electron chi connectivity index (χ0n) is 11.2. The van der Waals surface area contributed by atoms with E-state index in [-0.39, 0.29) is 18.6 Å². The van der Waals surface area contributed by atoms with Crippen LogP contribution in [0.5, 0.6) is 0 Å². The van der Waals surface area contributed by atoms with Crippen molar-refractivity contribution in [1.82, 2.24) is 10.2 Å². The summed E-state index contributed by atoms with van der Waals surface area (Å²) in [7, 11) is 0. The van der Waals surface area contributed by atoms with Gasteiger partial charge >= 0.3 is 6.03 Å². The quantitative estimate of drug-likeness (QED) is 0.550. The molecule has 0 bridgehead atoms. The highest BCUT2D eigenvalue weighted by Gasteiger charge is 2.22. The molecule has 0 radical (unpaired) electrons. The Bertz CT molecular complexity index is 281. The molecule has 5 nitrogen and oxygen atoms in total. The van der Waals surface area contributed by atoms with Crippen molar-refractivity contribution in [3.8, 4) is 0 Å². The Hall–Kier alpha value is -1.07. The fourth-order valence-corrected chi connectivity index (χ4v) is 1.99. The summed E-state index contributed by atoms with van der Waals surface area (Å²) < 4.78 is 5.30. The van der Waals surface area contributed by atoms with Gasteiger partial charge in [0.25, 0.3) is 0 Å². The molecular formula is C13H24N2O3. The molecule has 0 aromatic carbocycles. The van der Waals surface area contributed by atoms with E-state index in [1.807, 2.05) is 6.92 Å². The number of urea groups is 1. The average molecular weight is 256 g/mol. The van der Waals surface area contributed by atoms with Gasteiger partial charge in [-0.2, -0.15) is 0 Å². The summed E-state index contributed by atoms with van der Waals surface area (Å²) in [6.07, 6.45) is 1.97. The van der Waals surface area contributed by atoms with Crippen LogP contribution in [0.25, 0.3) is 0 Å². The number of carbonyl (C=O) groups excluding carboxylic acids is 1. The molecule has 0 saturated carbocycles. The highest BCUT2D eigenvalue weighted by Crippen LogP contribution is 2.15. The minimum Gasteiger partial charge on any atom is -0.396 e. The molecule has 1 rings (SSSR count). The molecule has 1 atom stereocenters. The standard InChI is InChI=1S/C13H24N2O3/c1-11(2)10-18-7-5-14-13(17)15-6-3-4-12(8-15)9-16/h12,16H,1,3-10H2,2H3,(H,14,17). The largest absolute Gasteiger partial charge is 0.396 e. The molecule has 0 spiro atoms. The smallest absolute Gasteiger partial charge is 0.317 e. The third kappa shape index (κ3) is 5.51. The van der Waals surface area contributed by atoms with Gasteiger partial charge in [-0.15, -0.1) is 0 Å². The highest BCUT2D eigenvalue weighted by atomic mass is 16.5. The van der Waals surface area contributed by atoms with Gasteiger partial charge in [0.05, 0.1) is 13.2 Å². The number of piperidine rings is 1. The van der Waals surface area contributed by atoms with Crippen molar-refractivity contribution in [2.45, 2.75) is 19.8 Å². The first-order valence-electron chi connectivity index (χ1n) is 6.49. The second-order valence-electron chi connectivity index (χ2n) is 4.88. The zero-order valence-corrected chi connectivity index (χ0v) is 11.2. The van der Waals surface area contributed by atoms with Gasteiger partial charge in [-0.3, -0.25) is 0 Å². The van der Waals surface area contributed by atoms with E-state index < -0.39 is 0 Å².